The maximum absolute atomic E-state index is 5.94. The van der Waals surface area contributed by atoms with Gasteiger partial charge in [-0.05, 0) is 25.3 Å². The lowest BCUT2D eigenvalue weighted by Crippen LogP contribution is -2.38. The predicted molar refractivity (Wildman–Crippen MR) is 80.2 cm³/mol. The first-order valence-electron chi connectivity index (χ1n) is 7.40. The van der Waals surface area contributed by atoms with Crippen LogP contribution in [-0.4, -0.2) is 44.4 Å². The van der Waals surface area contributed by atoms with Gasteiger partial charge in [0.1, 0.15) is 6.61 Å². The molecule has 0 aromatic heterocycles. The zero-order valence-corrected chi connectivity index (χ0v) is 12.8. The zero-order chi connectivity index (χ0) is 14.1. The molecular weight excluding hydrogens is 238 g/mol. The summed E-state index contributed by atoms with van der Waals surface area (Å²) < 4.78 is 11.3. The van der Waals surface area contributed by atoms with Crippen LogP contribution in [0.4, 0.5) is 0 Å². The highest BCUT2D eigenvalue weighted by atomic mass is 16.5. The molecule has 3 heteroatoms. The summed E-state index contributed by atoms with van der Waals surface area (Å²) in [6.45, 7) is 16.0. The van der Waals surface area contributed by atoms with E-state index >= 15 is 0 Å². The molecule has 1 heterocycles. The first-order chi connectivity index (χ1) is 9.13. The Bertz CT molecular complexity index is 293. The van der Waals surface area contributed by atoms with Gasteiger partial charge in [-0.1, -0.05) is 26.0 Å². The second kappa shape index (κ2) is 9.16. The highest BCUT2D eigenvalue weighted by Gasteiger charge is 2.11. The number of morpholine rings is 1. The molecule has 3 nitrogen and oxygen atoms in total. The summed E-state index contributed by atoms with van der Waals surface area (Å²) in [6, 6.07) is 0. The first kappa shape index (κ1) is 16.3. The molecule has 1 fully saturated rings. The Balaban J connectivity index is 2.29. The summed E-state index contributed by atoms with van der Waals surface area (Å²) in [5.41, 5.74) is 1.22. The van der Waals surface area contributed by atoms with Crippen molar-refractivity contribution in [3.63, 3.8) is 0 Å². The summed E-state index contributed by atoms with van der Waals surface area (Å²) in [5.74, 6) is 1.60. The fourth-order valence-corrected chi connectivity index (χ4v) is 2.04. The van der Waals surface area contributed by atoms with Crippen molar-refractivity contribution < 1.29 is 9.47 Å². The molecule has 0 spiro atoms. The van der Waals surface area contributed by atoms with Crippen molar-refractivity contribution in [1.82, 2.24) is 4.90 Å². The molecule has 1 aliphatic rings. The molecule has 1 unspecified atom stereocenters. The zero-order valence-electron chi connectivity index (χ0n) is 12.8. The molecule has 0 radical (unpaired) electrons. The minimum Gasteiger partial charge on any atom is -0.497 e. The van der Waals surface area contributed by atoms with Crippen LogP contribution < -0.4 is 0 Å². The van der Waals surface area contributed by atoms with E-state index in [-0.39, 0.29) is 0 Å². The largest absolute Gasteiger partial charge is 0.497 e. The molecule has 0 bridgehead atoms. The standard InChI is InChI=1S/C16H29NO2/c1-5-6-16(13-15(4)14(2)3)19-12-9-17-7-10-18-11-8-17/h6,15H,2,5,7-13H2,1,3-4H3/b16-6+. The molecule has 19 heavy (non-hydrogen) atoms. The van der Waals surface area contributed by atoms with Crippen LogP contribution in [0.1, 0.15) is 33.6 Å². The SMILES string of the molecule is C=C(C)C(C)C/C(=C\CC)OCCN1CCOCC1. The highest BCUT2D eigenvalue weighted by Crippen LogP contribution is 2.19. The molecule has 0 saturated carbocycles. The van der Waals surface area contributed by atoms with E-state index in [9.17, 15) is 0 Å². The van der Waals surface area contributed by atoms with Gasteiger partial charge in [0.05, 0.1) is 19.0 Å². The van der Waals surface area contributed by atoms with E-state index in [1.165, 1.54) is 5.57 Å². The van der Waals surface area contributed by atoms with Crippen molar-refractivity contribution in [2.75, 3.05) is 39.5 Å². The molecule has 1 rings (SSSR count). The summed E-state index contributed by atoms with van der Waals surface area (Å²) in [4.78, 5) is 2.40. The van der Waals surface area contributed by atoms with Crippen LogP contribution >= 0.6 is 0 Å². The third-order valence-corrected chi connectivity index (χ3v) is 3.58. The molecule has 110 valence electrons. The van der Waals surface area contributed by atoms with Crippen molar-refractivity contribution in [3.05, 3.63) is 24.0 Å². The van der Waals surface area contributed by atoms with Crippen molar-refractivity contribution >= 4 is 0 Å². The van der Waals surface area contributed by atoms with E-state index in [0.29, 0.717) is 5.92 Å². The van der Waals surface area contributed by atoms with Crippen LogP contribution in [0.15, 0.2) is 24.0 Å². The van der Waals surface area contributed by atoms with Crippen LogP contribution in [0.2, 0.25) is 0 Å². The van der Waals surface area contributed by atoms with E-state index in [0.717, 1.165) is 58.1 Å². The Morgan fingerprint density at radius 3 is 2.68 bits per heavy atom. The van der Waals surface area contributed by atoms with E-state index in [2.05, 4.69) is 38.3 Å². The third kappa shape index (κ3) is 6.79. The van der Waals surface area contributed by atoms with Gasteiger partial charge in [0, 0.05) is 26.1 Å². The third-order valence-electron chi connectivity index (χ3n) is 3.58. The summed E-state index contributed by atoms with van der Waals surface area (Å²) in [6.07, 6.45) is 4.18. The Labute approximate surface area is 118 Å². The number of allylic oxidation sites excluding steroid dienone is 3. The maximum Gasteiger partial charge on any atom is 0.100 e. The lowest BCUT2D eigenvalue weighted by atomic mass is 9.99. The van der Waals surface area contributed by atoms with Gasteiger partial charge in [-0.3, -0.25) is 4.90 Å². The lowest BCUT2D eigenvalue weighted by molar-refractivity contribution is 0.0268. The van der Waals surface area contributed by atoms with Gasteiger partial charge in [-0.15, -0.1) is 0 Å². The van der Waals surface area contributed by atoms with Crippen LogP contribution in [0.25, 0.3) is 0 Å². The van der Waals surface area contributed by atoms with E-state index in [4.69, 9.17) is 9.47 Å². The molecular formula is C16H29NO2. The van der Waals surface area contributed by atoms with Gasteiger partial charge in [0.2, 0.25) is 0 Å². The van der Waals surface area contributed by atoms with Crippen LogP contribution in [0, 0.1) is 5.92 Å². The molecule has 0 aromatic rings. The van der Waals surface area contributed by atoms with Crippen LogP contribution in [-0.2, 0) is 9.47 Å². The number of rotatable bonds is 8. The van der Waals surface area contributed by atoms with E-state index in [1.807, 2.05) is 0 Å². The second-order valence-electron chi connectivity index (χ2n) is 5.33. The Hall–Kier alpha value is -0.800. The van der Waals surface area contributed by atoms with E-state index in [1.54, 1.807) is 0 Å². The van der Waals surface area contributed by atoms with Crippen molar-refractivity contribution in [1.29, 1.82) is 0 Å². The van der Waals surface area contributed by atoms with Crippen LogP contribution in [0.5, 0.6) is 0 Å². The predicted octanol–water partition coefficient (Wildman–Crippen LogP) is 3.23. The number of nitrogens with zero attached hydrogens (tertiary/aromatic N) is 1. The minimum atomic E-state index is 0.487. The molecule has 1 saturated heterocycles. The number of ether oxygens (including phenoxy) is 2. The summed E-state index contributed by atoms with van der Waals surface area (Å²) in [7, 11) is 0. The normalized spacial score (nSPS) is 19.2. The molecule has 0 N–H and O–H groups in total. The topological polar surface area (TPSA) is 21.7 Å². The van der Waals surface area contributed by atoms with Gasteiger partial charge in [0.15, 0.2) is 0 Å². The highest BCUT2D eigenvalue weighted by molar-refractivity contribution is 5.02. The molecule has 1 aliphatic heterocycles. The monoisotopic (exact) mass is 267 g/mol. The van der Waals surface area contributed by atoms with Crippen molar-refractivity contribution in [3.8, 4) is 0 Å². The van der Waals surface area contributed by atoms with Crippen molar-refractivity contribution in [2.45, 2.75) is 33.6 Å². The van der Waals surface area contributed by atoms with Crippen molar-refractivity contribution in [2.24, 2.45) is 5.92 Å². The maximum atomic E-state index is 5.94. The minimum absolute atomic E-state index is 0.487. The smallest absolute Gasteiger partial charge is 0.100 e. The Morgan fingerprint density at radius 1 is 1.42 bits per heavy atom. The average molecular weight is 267 g/mol. The van der Waals surface area contributed by atoms with Gasteiger partial charge in [-0.25, -0.2) is 0 Å². The summed E-state index contributed by atoms with van der Waals surface area (Å²) in [5, 5.41) is 0. The Morgan fingerprint density at radius 2 is 2.11 bits per heavy atom. The number of hydrogen-bond donors (Lipinski definition) is 0. The molecule has 1 atom stereocenters. The molecule has 0 aliphatic carbocycles. The first-order valence-corrected chi connectivity index (χ1v) is 7.40. The fourth-order valence-electron chi connectivity index (χ4n) is 2.04. The fraction of sp³-hybridized carbons (Fsp3) is 0.750. The van der Waals surface area contributed by atoms with Gasteiger partial charge >= 0.3 is 0 Å². The average Bonchev–Trinajstić information content (AvgIpc) is 2.40. The molecule has 0 amide bonds. The lowest BCUT2D eigenvalue weighted by Gasteiger charge is -2.26. The van der Waals surface area contributed by atoms with E-state index < -0.39 is 0 Å². The Kier molecular flexibility index (Phi) is 7.84. The second-order valence-corrected chi connectivity index (χ2v) is 5.33. The van der Waals surface area contributed by atoms with Gasteiger partial charge in [-0.2, -0.15) is 0 Å². The number of hydrogen-bond acceptors (Lipinski definition) is 3. The van der Waals surface area contributed by atoms with Crippen LogP contribution in [0.3, 0.4) is 0 Å². The van der Waals surface area contributed by atoms with Gasteiger partial charge in [0.25, 0.3) is 0 Å². The molecule has 0 aromatic carbocycles. The van der Waals surface area contributed by atoms with Gasteiger partial charge < -0.3 is 9.47 Å². The summed E-state index contributed by atoms with van der Waals surface area (Å²) >= 11 is 0. The quantitative estimate of drug-likeness (QED) is 0.498.